The first-order valence-corrected chi connectivity index (χ1v) is 17.8. The van der Waals surface area contributed by atoms with Crippen LogP contribution in [0.25, 0.3) is 21.5 Å². The average molecular weight is 684 g/mol. The third kappa shape index (κ3) is 5.10. The number of carbonyl (C=O) groups is 2. The van der Waals surface area contributed by atoms with Crippen molar-refractivity contribution in [2.75, 3.05) is 35.2 Å². The van der Waals surface area contributed by atoms with Crippen LogP contribution < -0.4 is 14.3 Å². The van der Waals surface area contributed by atoms with Crippen molar-refractivity contribution >= 4 is 76.5 Å². The summed E-state index contributed by atoms with van der Waals surface area (Å²) in [6.45, 7) is 4.87. The molecule has 7 rings (SSSR count). The van der Waals surface area contributed by atoms with E-state index in [0.717, 1.165) is 38.4 Å². The van der Waals surface area contributed by atoms with Crippen molar-refractivity contribution in [3.8, 4) is 11.5 Å². The van der Waals surface area contributed by atoms with Gasteiger partial charge in [0.1, 0.15) is 11.5 Å². The molecule has 1 saturated carbocycles. The second kappa shape index (κ2) is 12.5. The van der Waals surface area contributed by atoms with Crippen LogP contribution >= 0.6 is 31.8 Å². The Kier molecular flexibility index (Phi) is 8.90. The minimum Gasteiger partial charge on any atom is -0.507 e. The van der Waals surface area contributed by atoms with Crippen LogP contribution in [0.2, 0.25) is 0 Å². The fraction of sp³-hybridized carbons (Fsp3) is 0.371. The maximum absolute atomic E-state index is 14.4. The molecule has 2 aliphatic heterocycles. The molecule has 1 atom stereocenters. The van der Waals surface area contributed by atoms with Gasteiger partial charge in [0.25, 0.3) is 0 Å². The number of phenols is 1. The number of hydrogen-bond acceptors (Lipinski definition) is 6. The summed E-state index contributed by atoms with van der Waals surface area (Å²) in [7, 11) is -2.66. The van der Waals surface area contributed by atoms with Crippen LogP contribution in [0.4, 0.5) is 11.4 Å². The number of carbonyl (C=O) groups excluding carboxylic acids is 2. The van der Waals surface area contributed by atoms with E-state index in [2.05, 4.69) is 11.6 Å². The van der Waals surface area contributed by atoms with E-state index in [4.69, 9.17) is 16.1 Å². The minimum absolute atomic E-state index is 0.0000839. The van der Waals surface area contributed by atoms with Crippen LogP contribution in [-0.2, 0) is 16.0 Å². The summed E-state index contributed by atoms with van der Waals surface area (Å²) in [4.78, 5) is 51.5. The molecule has 11 heteroatoms. The average Bonchev–Trinajstić information content (AvgIpc) is 3.65. The van der Waals surface area contributed by atoms with Crippen molar-refractivity contribution in [3.05, 3.63) is 71.8 Å². The van der Waals surface area contributed by atoms with Crippen molar-refractivity contribution in [3.63, 3.8) is 0 Å². The zero-order valence-corrected chi connectivity index (χ0v) is 28.4. The number of amides is 2. The largest absolute Gasteiger partial charge is 0.507 e. The summed E-state index contributed by atoms with van der Waals surface area (Å²) in [5, 5.41) is 14.1. The van der Waals surface area contributed by atoms with E-state index in [0.29, 0.717) is 56.1 Å². The number of phenolic OH excluding ortho intramolecular Hbond substituents is 1. The second-order valence-electron chi connectivity index (χ2n) is 12.7. The van der Waals surface area contributed by atoms with Crippen molar-refractivity contribution in [1.82, 2.24) is 0 Å². The molecule has 8 nitrogen and oxygen atoms in total. The number of alkyl halides is 2. The van der Waals surface area contributed by atoms with Gasteiger partial charge in [-0.2, -0.15) is 0 Å². The van der Waals surface area contributed by atoms with Crippen LogP contribution in [0.5, 0.6) is 11.5 Å². The van der Waals surface area contributed by atoms with E-state index in [1.54, 1.807) is 17.0 Å². The molecule has 242 valence electrons. The van der Waals surface area contributed by atoms with Crippen molar-refractivity contribution in [1.29, 1.82) is 0 Å². The Balaban J connectivity index is 0.00000182. The molecule has 1 aliphatic carbocycles. The molecule has 0 saturated heterocycles. The Bertz CT molecular complexity index is 1840. The number of hydrogen-bond donors (Lipinski definition) is 3. The molecule has 4 aromatic rings. The van der Waals surface area contributed by atoms with Gasteiger partial charge in [-0.25, -0.2) is 0 Å². The Labute approximate surface area is 279 Å². The second-order valence-corrected chi connectivity index (χ2v) is 13.7. The zero-order chi connectivity index (χ0) is 33.0. The third-order valence-corrected chi connectivity index (χ3v) is 10.8. The third-order valence-electron chi connectivity index (χ3n) is 10.1. The first-order chi connectivity index (χ1) is 22.1. The van der Waals surface area contributed by atoms with Gasteiger partial charge in [-0.05, 0) is 47.6 Å². The van der Waals surface area contributed by atoms with Gasteiger partial charge in [0.05, 0.1) is 16.8 Å². The van der Waals surface area contributed by atoms with Crippen LogP contribution in [0, 0.1) is 10.8 Å². The Morgan fingerprint density at radius 2 is 1.57 bits per heavy atom. The molecule has 2 amide bonds. The molecule has 4 aromatic carbocycles. The molecule has 3 aliphatic rings. The molecule has 1 fully saturated rings. The summed E-state index contributed by atoms with van der Waals surface area (Å²) >= 11 is 11.1. The summed E-state index contributed by atoms with van der Waals surface area (Å²) in [5.74, 6) is 0.585. The molecule has 2 heterocycles. The standard InChI is InChI=1S/C34H34ClN2O6P.CH3Cl/c1-3-34(32(40)36-13-12-22-21-8-4-5-9-23(21)28(38)14-26(22)36)18-33(2,19-34)31(39)37-17-20(16-35)30-25-11-7-6-10-24(25)29(15-27(30)37)43-44(41)42;1-2/h4-11,14-15,20,38,41-42H,3,12-13,16-19H2,1-2H3;1H3. The van der Waals surface area contributed by atoms with Gasteiger partial charge in [0.2, 0.25) is 11.8 Å². The highest BCUT2D eigenvalue weighted by Crippen LogP contribution is 2.60. The van der Waals surface area contributed by atoms with E-state index in [1.165, 1.54) is 6.38 Å². The van der Waals surface area contributed by atoms with E-state index in [1.807, 2.05) is 67.3 Å². The van der Waals surface area contributed by atoms with Crippen LogP contribution in [0.3, 0.4) is 0 Å². The SMILES string of the molecule is CCC1(C(=O)N2CCc3c2cc(O)c2ccccc32)CC(C)(C(=O)N2CC(CCl)c3c2cc(OP(O)O)c2ccccc32)C1.CCl. The fourth-order valence-corrected chi connectivity index (χ4v) is 8.69. The smallest absolute Gasteiger partial charge is 0.391 e. The number of benzene rings is 4. The molecule has 0 spiro atoms. The number of fused-ring (bicyclic) bond motifs is 6. The van der Waals surface area contributed by atoms with Crippen molar-refractivity contribution < 1.29 is 29.0 Å². The van der Waals surface area contributed by atoms with Crippen LogP contribution in [-0.4, -0.2) is 52.1 Å². The lowest BCUT2D eigenvalue weighted by molar-refractivity contribution is -0.153. The lowest BCUT2D eigenvalue weighted by atomic mass is 9.51. The highest BCUT2D eigenvalue weighted by molar-refractivity contribution is 7.39. The quantitative estimate of drug-likeness (QED) is 0.143. The molecule has 0 aromatic heterocycles. The molecular formula is C35H37Cl2N2O6P. The maximum atomic E-state index is 14.4. The van der Waals surface area contributed by atoms with Gasteiger partial charge in [-0.15, -0.1) is 23.2 Å². The monoisotopic (exact) mass is 682 g/mol. The van der Waals surface area contributed by atoms with Crippen LogP contribution in [0.15, 0.2) is 60.7 Å². The lowest BCUT2D eigenvalue weighted by Gasteiger charge is -2.54. The van der Waals surface area contributed by atoms with Gasteiger partial charge >= 0.3 is 8.60 Å². The van der Waals surface area contributed by atoms with Crippen molar-refractivity contribution in [2.24, 2.45) is 10.8 Å². The van der Waals surface area contributed by atoms with Gasteiger partial charge in [0, 0.05) is 59.6 Å². The maximum Gasteiger partial charge on any atom is 0.391 e. The van der Waals surface area contributed by atoms with Gasteiger partial charge < -0.3 is 29.2 Å². The molecule has 0 bridgehead atoms. The number of rotatable bonds is 6. The summed E-state index contributed by atoms with van der Waals surface area (Å²) in [6, 6.07) is 18.7. The summed E-state index contributed by atoms with van der Waals surface area (Å²) in [5.41, 5.74) is 1.96. The minimum atomic E-state index is -2.66. The first kappa shape index (κ1) is 32.8. The molecule has 46 heavy (non-hydrogen) atoms. The van der Waals surface area contributed by atoms with E-state index in [9.17, 15) is 24.5 Å². The molecule has 0 radical (unpaired) electrons. The van der Waals surface area contributed by atoms with E-state index in [-0.39, 0.29) is 23.5 Å². The molecule has 1 unspecified atom stereocenters. The highest BCUT2D eigenvalue weighted by atomic mass is 35.5. The van der Waals surface area contributed by atoms with Gasteiger partial charge in [-0.3, -0.25) is 9.59 Å². The Morgan fingerprint density at radius 1 is 0.935 bits per heavy atom. The summed E-state index contributed by atoms with van der Waals surface area (Å²) in [6.07, 6.45) is 3.60. The topological polar surface area (TPSA) is 111 Å². The summed E-state index contributed by atoms with van der Waals surface area (Å²) < 4.78 is 5.42. The van der Waals surface area contributed by atoms with E-state index >= 15 is 0 Å². The normalized spacial score (nSPS) is 23.2. The predicted molar refractivity (Wildman–Crippen MR) is 185 cm³/mol. The lowest BCUT2D eigenvalue weighted by Crippen LogP contribution is -2.60. The van der Waals surface area contributed by atoms with Crippen LogP contribution in [0.1, 0.15) is 50.2 Å². The Hall–Kier alpha value is -3.13. The Morgan fingerprint density at radius 3 is 2.20 bits per heavy atom. The molecule has 3 N–H and O–H groups in total. The zero-order valence-electron chi connectivity index (χ0n) is 26.0. The van der Waals surface area contributed by atoms with Gasteiger partial charge in [0.15, 0.2) is 0 Å². The highest BCUT2D eigenvalue weighted by Gasteiger charge is 2.61. The number of anilines is 2. The first-order valence-electron chi connectivity index (χ1n) is 15.3. The van der Waals surface area contributed by atoms with Crippen molar-refractivity contribution in [2.45, 2.75) is 45.4 Å². The fourth-order valence-electron chi connectivity index (χ4n) is 8.11. The number of aromatic hydroxyl groups is 1. The number of nitrogens with zero attached hydrogens (tertiary/aromatic N) is 2. The number of halogens is 2. The van der Waals surface area contributed by atoms with E-state index < -0.39 is 19.4 Å². The van der Waals surface area contributed by atoms with Gasteiger partial charge in [-0.1, -0.05) is 62.4 Å². The molecular weight excluding hydrogens is 646 g/mol. The predicted octanol–water partition coefficient (Wildman–Crippen LogP) is 7.60.